The van der Waals surface area contributed by atoms with Crippen molar-refractivity contribution >= 4 is 16.8 Å². The summed E-state index contributed by atoms with van der Waals surface area (Å²) in [6.07, 6.45) is 2.54. The first-order valence-electron chi connectivity index (χ1n) is 7.31. The van der Waals surface area contributed by atoms with E-state index in [9.17, 15) is 18.8 Å². The molecule has 1 amide bonds. The van der Waals surface area contributed by atoms with Crippen molar-refractivity contribution in [3.8, 4) is 17.2 Å². The molecule has 0 aliphatic carbocycles. The number of amides is 1. The number of rotatable bonds is 4. The monoisotopic (exact) mass is 344 g/mol. The fraction of sp³-hybridized carbons (Fsp3) is 0.250. The maximum Gasteiger partial charge on any atom is 0.333 e. The predicted octanol–water partition coefficient (Wildman–Crippen LogP) is 2.65. The average molecular weight is 344 g/mol. The quantitative estimate of drug-likeness (QED) is 0.786. The molecule has 0 aliphatic heterocycles. The predicted molar refractivity (Wildman–Crippen MR) is 85.7 cm³/mol. The van der Waals surface area contributed by atoms with Crippen LogP contribution in [0.15, 0.2) is 30.6 Å². The van der Waals surface area contributed by atoms with Crippen LogP contribution < -0.4 is 5.73 Å². The number of hydrogen-bond donors (Lipinski definition) is 1. The third-order valence-corrected chi connectivity index (χ3v) is 3.85. The van der Waals surface area contributed by atoms with E-state index in [2.05, 4.69) is 16.3 Å². The molecule has 0 fully saturated rings. The topological polar surface area (TPSA) is 103 Å². The number of halogens is 2. The normalized spacial score (nSPS) is 11.8. The fourth-order valence-electron chi connectivity index (χ4n) is 2.54. The Balaban J connectivity index is 2.23. The zero-order valence-corrected chi connectivity index (χ0v) is 13.4. The highest BCUT2D eigenvalue weighted by Crippen LogP contribution is 2.30. The molecule has 2 aromatic heterocycles. The number of nitriles is 1. The van der Waals surface area contributed by atoms with Crippen molar-refractivity contribution in [2.45, 2.75) is 25.9 Å². The standard InChI is InChI=1S/C16H14F2N6O/c1-16(2,8-19)24-12-5-9(10-6-21-23(7-10)15(17)18)3-4-11(12)13(22-24)14(20)25/h3-7,15H,1-2H3,(H2,20,25). The minimum Gasteiger partial charge on any atom is -0.364 e. The first-order valence-corrected chi connectivity index (χ1v) is 7.31. The van der Waals surface area contributed by atoms with Crippen LogP contribution in [0.5, 0.6) is 0 Å². The van der Waals surface area contributed by atoms with Gasteiger partial charge >= 0.3 is 6.55 Å². The van der Waals surface area contributed by atoms with Gasteiger partial charge in [0.05, 0.1) is 17.8 Å². The first-order chi connectivity index (χ1) is 11.7. The molecule has 0 radical (unpaired) electrons. The molecule has 128 valence electrons. The lowest BCUT2D eigenvalue weighted by atomic mass is 10.0. The summed E-state index contributed by atoms with van der Waals surface area (Å²) in [5.74, 6) is -0.712. The second kappa shape index (κ2) is 5.66. The number of hydrogen-bond acceptors (Lipinski definition) is 4. The molecule has 7 nitrogen and oxygen atoms in total. The highest BCUT2D eigenvalue weighted by molar-refractivity contribution is 6.05. The smallest absolute Gasteiger partial charge is 0.333 e. The fourth-order valence-corrected chi connectivity index (χ4v) is 2.54. The van der Waals surface area contributed by atoms with Crippen LogP contribution in [-0.2, 0) is 5.54 Å². The van der Waals surface area contributed by atoms with Crippen LogP contribution in [0, 0.1) is 11.3 Å². The Labute approximate surface area is 141 Å². The number of carbonyl (C=O) groups excluding carboxylic acids is 1. The highest BCUT2D eigenvalue weighted by atomic mass is 19.3. The number of nitrogens with zero attached hydrogens (tertiary/aromatic N) is 5. The molecular formula is C16H14F2N6O. The van der Waals surface area contributed by atoms with Crippen LogP contribution in [0.1, 0.15) is 30.9 Å². The average Bonchev–Trinajstić information content (AvgIpc) is 3.19. The number of primary amides is 1. The summed E-state index contributed by atoms with van der Waals surface area (Å²) < 4.78 is 27.4. The van der Waals surface area contributed by atoms with Crippen LogP contribution >= 0.6 is 0 Å². The summed E-state index contributed by atoms with van der Waals surface area (Å²) in [7, 11) is 0. The second-order valence-corrected chi connectivity index (χ2v) is 6.01. The van der Waals surface area contributed by atoms with Gasteiger partial charge in [0, 0.05) is 17.1 Å². The Hall–Kier alpha value is -3.28. The molecule has 0 atom stereocenters. The SMILES string of the molecule is CC(C)(C#N)n1nc(C(N)=O)c2ccc(-c3cnn(C(F)F)c3)cc21. The largest absolute Gasteiger partial charge is 0.364 e. The van der Waals surface area contributed by atoms with Crippen molar-refractivity contribution in [3.05, 3.63) is 36.3 Å². The zero-order chi connectivity index (χ0) is 18.4. The Morgan fingerprint density at radius 2 is 2.08 bits per heavy atom. The number of alkyl halides is 2. The van der Waals surface area contributed by atoms with Crippen molar-refractivity contribution in [1.82, 2.24) is 19.6 Å². The molecular weight excluding hydrogens is 330 g/mol. The minimum atomic E-state index is -2.73. The van der Waals surface area contributed by atoms with Crippen molar-refractivity contribution in [3.63, 3.8) is 0 Å². The van der Waals surface area contributed by atoms with E-state index >= 15 is 0 Å². The van der Waals surface area contributed by atoms with E-state index in [4.69, 9.17) is 5.73 Å². The van der Waals surface area contributed by atoms with E-state index in [1.165, 1.54) is 17.1 Å². The Kier molecular flexibility index (Phi) is 3.75. The number of aromatic nitrogens is 4. The van der Waals surface area contributed by atoms with Crippen molar-refractivity contribution in [2.24, 2.45) is 5.73 Å². The van der Waals surface area contributed by atoms with Gasteiger partial charge in [-0.2, -0.15) is 24.2 Å². The van der Waals surface area contributed by atoms with Crippen LogP contribution in [0.25, 0.3) is 22.0 Å². The third kappa shape index (κ3) is 2.71. The first kappa shape index (κ1) is 16.6. The third-order valence-electron chi connectivity index (χ3n) is 3.85. The molecule has 9 heteroatoms. The minimum absolute atomic E-state index is 0.0492. The maximum atomic E-state index is 12.7. The lowest BCUT2D eigenvalue weighted by Gasteiger charge is -2.17. The number of nitrogens with two attached hydrogens (primary N) is 1. The van der Waals surface area contributed by atoms with Gasteiger partial charge in [0.25, 0.3) is 5.91 Å². The number of benzene rings is 1. The van der Waals surface area contributed by atoms with Crippen LogP contribution in [0.3, 0.4) is 0 Å². The van der Waals surface area contributed by atoms with Gasteiger partial charge in [-0.25, -0.2) is 9.36 Å². The zero-order valence-electron chi connectivity index (χ0n) is 13.4. The summed E-state index contributed by atoms with van der Waals surface area (Å²) in [4.78, 5) is 11.6. The molecule has 0 bridgehead atoms. The maximum absolute atomic E-state index is 12.7. The molecule has 25 heavy (non-hydrogen) atoms. The molecule has 3 rings (SSSR count). The Bertz CT molecular complexity index is 1010. The van der Waals surface area contributed by atoms with Crippen LogP contribution in [0.4, 0.5) is 8.78 Å². The summed E-state index contributed by atoms with van der Waals surface area (Å²) in [5.41, 5.74) is 5.97. The van der Waals surface area contributed by atoms with E-state index in [0.29, 0.717) is 26.7 Å². The van der Waals surface area contributed by atoms with Gasteiger partial charge in [0.2, 0.25) is 0 Å². The second-order valence-electron chi connectivity index (χ2n) is 6.01. The van der Waals surface area contributed by atoms with Gasteiger partial charge in [-0.1, -0.05) is 6.07 Å². The van der Waals surface area contributed by atoms with E-state index in [1.807, 2.05) is 0 Å². The summed E-state index contributed by atoms with van der Waals surface area (Å²) in [6, 6.07) is 7.07. The van der Waals surface area contributed by atoms with Crippen LogP contribution in [-0.4, -0.2) is 25.5 Å². The molecule has 0 aliphatic rings. The van der Waals surface area contributed by atoms with Gasteiger partial charge in [0.15, 0.2) is 5.69 Å². The molecule has 2 heterocycles. The van der Waals surface area contributed by atoms with Gasteiger partial charge in [0.1, 0.15) is 5.54 Å². The molecule has 2 N–H and O–H groups in total. The van der Waals surface area contributed by atoms with Gasteiger partial charge in [-0.05, 0) is 31.5 Å². The lowest BCUT2D eigenvalue weighted by molar-refractivity contribution is 0.0566. The molecule has 0 saturated heterocycles. The van der Waals surface area contributed by atoms with Crippen molar-refractivity contribution in [1.29, 1.82) is 5.26 Å². The lowest BCUT2D eigenvalue weighted by Crippen LogP contribution is -2.26. The van der Waals surface area contributed by atoms with Gasteiger partial charge < -0.3 is 5.73 Å². The molecule has 0 spiro atoms. The highest BCUT2D eigenvalue weighted by Gasteiger charge is 2.26. The Morgan fingerprint density at radius 1 is 1.36 bits per heavy atom. The van der Waals surface area contributed by atoms with Crippen molar-refractivity contribution in [2.75, 3.05) is 0 Å². The van der Waals surface area contributed by atoms with E-state index < -0.39 is 18.0 Å². The Morgan fingerprint density at radius 3 is 2.64 bits per heavy atom. The molecule has 1 aromatic carbocycles. The molecule has 0 unspecified atom stereocenters. The van der Waals surface area contributed by atoms with E-state index in [1.54, 1.807) is 32.0 Å². The molecule has 0 saturated carbocycles. The van der Waals surface area contributed by atoms with E-state index in [-0.39, 0.29) is 5.69 Å². The summed E-state index contributed by atoms with van der Waals surface area (Å²) in [5, 5.41) is 17.7. The molecule has 3 aromatic rings. The summed E-state index contributed by atoms with van der Waals surface area (Å²) in [6.45, 7) is 0.555. The van der Waals surface area contributed by atoms with Gasteiger partial charge in [-0.3, -0.25) is 4.79 Å². The number of fused-ring (bicyclic) bond motifs is 1. The van der Waals surface area contributed by atoms with Crippen molar-refractivity contribution < 1.29 is 13.6 Å². The summed E-state index contributed by atoms with van der Waals surface area (Å²) >= 11 is 0. The van der Waals surface area contributed by atoms with Crippen LogP contribution in [0.2, 0.25) is 0 Å². The number of carbonyl (C=O) groups is 1. The van der Waals surface area contributed by atoms with Gasteiger partial charge in [-0.15, -0.1) is 0 Å². The van der Waals surface area contributed by atoms with E-state index in [0.717, 1.165) is 0 Å².